The van der Waals surface area contributed by atoms with Crippen molar-refractivity contribution < 1.29 is 17.7 Å². The smallest absolute Gasteiger partial charge is 0.431 e. The maximum Gasteiger partial charge on any atom is 0.577 e. The molecular weight excluding hydrogens is 204 g/mol. The maximum atomic E-state index is 5.18. The van der Waals surface area contributed by atoms with Gasteiger partial charge in [-0.15, -0.1) is 0 Å². The molecule has 0 bridgehead atoms. The summed E-state index contributed by atoms with van der Waals surface area (Å²) in [6, 6.07) is 0. The summed E-state index contributed by atoms with van der Waals surface area (Å²) in [6.45, 7) is 7.78. The molecule has 4 nitrogen and oxygen atoms in total. The first kappa shape index (κ1) is 15.7. The van der Waals surface area contributed by atoms with E-state index in [1.807, 2.05) is 20.8 Å². The summed E-state index contributed by atoms with van der Waals surface area (Å²) < 4.78 is 19.9. The SMILES string of the molecule is CCO[Si](OCC)OCC.CO[SiH3]. The minimum Gasteiger partial charge on any atom is -0.431 e. The van der Waals surface area contributed by atoms with Crippen LogP contribution in [0.1, 0.15) is 20.8 Å². The van der Waals surface area contributed by atoms with Crippen molar-refractivity contribution in [1.29, 1.82) is 0 Å². The number of hydrogen-bond acceptors (Lipinski definition) is 4. The van der Waals surface area contributed by atoms with Crippen LogP contribution in [0.2, 0.25) is 0 Å². The van der Waals surface area contributed by atoms with Gasteiger partial charge in [0.2, 0.25) is 0 Å². The molecule has 0 unspecified atom stereocenters. The maximum absolute atomic E-state index is 5.18. The van der Waals surface area contributed by atoms with Crippen molar-refractivity contribution in [1.82, 2.24) is 0 Å². The lowest BCUT2D eigenvalue weighted by Gasteiger charge is -2.10. The lowest BCUT2D eigenvalue weighted by atomic mass is 10.9. The van der Waals surface area contributed by atoms with Gasteiger partial charge in [0.25, 0.3) is 0 Å². The molecule has 6 heteroatoms. The van der Waals surface area contributed by atoms with Gasteiger partial charge in [-0.1, -0.05) is 0 Å². The predicted octanol–water partition coefficient (Wildman–Crippen LogP) is -0.00600. The Kier molecular flexibility index (Phi) is 17.9. The Bertz CT molecular complexity index is 70.6. The van der Waals surface area contributed by atoms with E-state index in [2.05, 4.69) is 4.43 Å². The molecule has 0 amide bonds. The third kappa shape index (κ3) is 15.1. The largest absolute Gasteiger partial charge is 0.577 e. The normalized spacial score (nSPS) is 9.92. The van der Waals surface area contributed by atoms with Gasteiger partial charge < -0.3 is 17.7 Å². The van der Waals surface area contributed by atoms with Crippen LogP contribution in [-0.4, -0.2) is 46.9 Å². The Morgan fingerprint density at radius 1 is 0.923 bits per heavy atom. The summed E-state index contributed by atoms with van der Waals surface area (Å²) in [4.78, 5) is 0. The molecule has 0 rings (SSSR count). The lowest BCUT2D eigenvalue weighted by Crippen LogP contribution is -2.27. The first-order chi connectivity index (χ1) is 6.26. The molecule has 0 aliphatic rings. The van der Waals surface area contributed by atoms with E-state index in [-0.39, 0.29) is 0 Å². The highest BCUT2D eigenvalue weighted by atomic mass is 28.3. The standard InChI is InChI=1S/C6H15O3Si.CH6OSi/c1-4-7-10(8-5-2)9-6-3;1-2-3/h4-6H2,1-3H3;1,3H3. The second-order valence-corrected chi connectivity index (χ2v) is 4.14. The van der Waals surface area contributed by atoms with E-state index in [9.17, 15) is 0 Å². The lowest BCUT2D eigenvalue weighted by molar-refractivity contribution is 0.107. The van der Waals surface area contributed by atoms with Gasteiger partial charge in [0.1, 0.15) is 10.5 Å². The third-order valence-corrected chi connectivity index (χ3v) is 2.36. The van der Waals surface area contributed by atoms with Gasteiger partial charge in [-0.05, 0) is 20.8 Å². The van der Waals surface area contributed by atoms with Gasteiger partial charge in [0.05, 0.1) is 0 Å². The van der Waals surface area contributed by atoms with Gasteiger partial charge in [-0.25, -0.2) is 0 Å². The zero-order chi connectivity index (χ0) is 10.5. The molecule has 0 fully saturated rings. The minimum atomic E-state index is -1.40. The minimum absolute atomic E-state index is 0.661. The molecule has 0 saturated carbocycles. The summed E-state index contributed by atoms with van der Waals surface area (Å²) in [5, 5.41) is 0. The fraction of sp³-hybridized carbons (Fsp3) is 1.00. The van der Waals surface area contributed by atoms with Gasteiger partial charge in [0.15, 0.2) is 0 Å². The highest BCUT2D eigenvalue weighted by Gasteiger charge is 2.15. The summed E-state index contributed by atoms with van der Waals surface area (Å²) >= 11 is 0. The van der Waals surface area contributed by atoms with E-state index >= 15 is 0 Å². The van der Waals surface area contributed by atoms with Gasteiger partial charge in [0, 0.05) is 26.9 Å². The summed E-state index contributed by atoms with van der Waals surface area (Å²) in [6.07, 6.45) is 0. The van der Waals surface area contributed by atoms with Crippen LogP contribution in [0.15, 0.2) is 0 Å². The fourth-order valence-electron chi connectivity index (χ4n) is 0.479. The molecule has 0 aliphatic heterocycles. The molecule has 81 valence electrons. The molecule has 13 heavy (non-hydrogen) atoms. The van der Waals surface area contributed by atoms with Crippen LogP contribution < -0.4 is 0 Å². The number of hydrogen-bond donors (Lipinski definition) is 0. The molecule has 0 aromatic carbocycles. The van der Waals surface area contributed by atoms with Gasteiger partial charge in [-0.2, -0.15) is 0 Å². The number of rotatable bonds is 6. The van der Waals surface area contributed by atoms with E-state index in [1.165, 1.54) is 0 Å². The van der Waals surface area contributed by atoms with Crippen LogP contribution in [0.4, 0.5) is 0 Å². The quantitative estimate of drug-likeness (QED) is 0.596. The zero-order valence-corrected chi connectivity index (χ0v) is 12.3. The van der Waals surface area contributed by atoms with E-state index < -0.39 is 9.53 Å². The molecule has 0 aromatic rings. The molecule has 0 spiro atoms. The highest BCUT2D eigenvalue weighted by Crippen LogP contribution is 1.90. The average molecular weight is 225 g/mol. The fourth-order valence-corrected chi connectivity index (χ4v) is 1.44. The Labute approximate surface area is 86.0 Å². The van der Waals surface area contributed by atoms with E-state index in [4.69, 9.17) is 13.3 Å². The van der Waals surface area contributed by atoms with Gasteiger partial charge >= 0.3 is 9.53 Å². The van der Waals surface area contributed by atoms with Crippen LogP contribution in [0, 0.1) is 0 Å². The monoisotopic (exact) mass is 225 g/mol. The topological polar surface area (TPSA) is 36.9 Å². The van der Waals surface area contributed by atoms with E-state index in [0.717, 1.165) is 10.5 Å². The van der Waals surface area contributed by atoms with Gasteiger partial charge in [-0.3, -0.25) is 0 Å². The first-order valence-electron chi connectivity index (χ1n) is 4.42. The molecule has 0 aromatic heterocycles. The third-order valence-electron chi connectivity index (χ3n) is 0.787. The first-order valence-corrected chi connectivity index (χ1v) is 6.46. The van der Waals surface area contributed by atoms with Crippen molar-refractivity contribution in [2.45, 2.75) is 20.8 Å². The Hall–Kier alpha value is 0.274. The van der Waals surface area contributed by atoms with Crippen molar-refractivity contribution in [3.8, 4) is 0 Å². The van der Waals surface area contributed by atoms with Crippen molar-refractivity contribution in [3.63, 3.8) is 0 Å². The predicted molar refractivity (Wildman–Crippen MR) is 57.6 cm³/mol. The van der Waals surface area contributed by atoms with Crippen LogP contribution in [0.25, 0.3) is 0 Å². The van der Waals surface area contributed by atoms with Crippen LogP contribution in [0.5, 0.6) is 0 Å². The molecule has 1 radical (unpaired) electrons. The van der Waals surface area contributed by atoms with Crippen LogP contribution in [-0.2, 0) is 17.7 Å². The molecule has 0 atom stereocenters. The molecule has 0 heterocycles. The summed E-state index contributed by atoms with van der Waals surface area (Å²) in [5.41, 5.74) is 0. The molecule has 0 saturated heterocycles. The highest BCUT2D eigenvalue weighted by molar-refractivity contribution is 6.36. The second kappa shape index (κ2) is 14.8. The van der Waals surface area contributed by atoms with Crippen molar-refractivity contribution in [3.05, 3.63) is 0 Å². The van der Waals surface area contributed by atoms with Crippen molar-refractivity contribution in [2.24, 2.45) is 0 Å². The molecule has 0 N–H and O–H groups in total. The summed E-state index contributed by atoms with van der Waals surface area (Å²) in [7, 11) is 1.16. The zero-order valence-electron chi connectivity index (χ0n) is 9.25. The Morgan fingerprint density at radius 2 is 1.15 bits per heavy atom. The Balaban J connectivity index is 0. The molecule has 0 aliphatic carbocycles. The summed E-state index contributed by atoms with van der Waals surface area (Å²) in [5.74, 6) is 0. The average Bonchev–Trinajstić information content (AvgIpc) is 2.07. The van der Waals surface area contributed by atoms with E-state index in [0.29, 0.717) is 19.8 Å². The van der Waals surface area contributed by atoms with E-state index in [1.54, 1.807) is 7.11 Å². The van der Waals surface area contributed by atoms with Crippen LogP contribution in [0.3, 0.4) is 0 Å². The second-order valence-electron chi connectivity index (χ2n) is 1.96. The molecular formula is C7H21O4Si2. The Morgan fingerprint density at radius 3 is 1.31 bits per heavy atom. The van der Waals surface area contributed by atoms with Crippen molar-refractivity contribution in [2.75, 3.05) is 26.9 Å². The van der Waals surface area contributed by atoms with Crippen molar-refractivity contribution >= 4 is 20.0 Å². The van der Waals surface area contributed by atoms with Crippen LogP contribution >= 0.6 is 0 Å².